The first kappa shape index (κ1) is 140. The third kappa shape index (κ3) is 273. The Morgan fingerprint density at radius 2 is 0.545 bits per heavy atom. The molecule has 0 saturated carbocycles. The van der Waals surface area contributed by atoms with Crippen molar-refractivity contribution < 1.29 is 293 Å². The SMILES string of the molecule is CC(=O)[O-].CC(=O)[O-].CC(=O)[O-].CC(=O)[O-].CC(=O)[O-].CC(=O)[O-].Cc1cccc(=O)[nH]1.Cc1cccc(=O)[nH]1.Cc1cccc([O-])[nH+]1.Cc1cccc([O-])[nH+]1.O.O.O=[N+]([O-])[O-].O=[N+]([O-])[O-].[Ce+4].[Ce+4].[Ce+4].[Mn].[Mn].[O-2].[O-2].[O-2].[O-2].[O-2].[O-2]. The van der Waals surface area contributed by atoms with Crippen molar-refractivity contribution in [3.05, 3.63) is 147 Å². The van der Waals surface area contributed by atoms with E-state index in [0.29, 0.717) is 0 Å². The molecule has 0 unspecified atom stereocenters. The fourth-order valence-corrected chi connectivity index (χ4v) is 2.23. The van der Waals surface area contributed by atoms with Crippen LogP contribution in [0.25, 0.3) is 0 Å². The number of hydrogen-bond acceptors (Lipinski definition) is 22. The number of nitrogens with one attached hydrogen (secondary N) is 4. The van der Waals surface area contributed by atoms with E-state index >= 15 is 0 Å². The molecule has 0 fully saturated rings. The quantitative estimate of drug-likeness (QED) is 0.0938. The molecule has 0 saturated heterocycles. The van der Waals surface area contributed by atoms with Crippen LogP contribution < -0.4 is 61.9 Å². The summed E-state index contributed by atoms with van der Waals surface area (Å²) in [7, 11) is 0. The topological polar surface area (TPSA) is 747 Å². The van der Waals surface area contributed by atoms with E-state index in [9.17, 15) is 19.8 Å². The number of aromatic nitrogens is 4. The summed E-state index contributed by atoms with van der Waals surface area (Å²) in [6.07, 6.45) is 0. The van der Waals surface area contributed by atoms with Crippen molar-refractivity contribution in [2.75, 3.05) is 0 Å². The molecule has 8 N–H and O–H groups in total. The van der Waals surface area contributed by atoms with Crippen molar-refractivity contribution in [1.29, 1.82) is 0 Å². The molecule has 0 amide bonds. The average Bonchev–Trinajstić information content (AvgIpc) is 3.03. The van der Waals surface area contributed by atoms with Crippen LogP contribution in [0.3, 0.4) is 0 Å². The predicted molar refractivity (Wildman–Crippen MR) is 214 cm³/mol. The van der Waals surface area contributed by atoms with Gasteiger partial charge >= 0.3 is 125 Å². The van der Waals surface area contributed by atoms with Crippen LogP contribution in [0, 0.1) is 184 Å². The van der Waals surface area contributed by atoms with Crippen LogP contribution in [-0.2, 0) is 95.8 Å². The van der Waals surface area contributed by atoms with Gasteiger partial charge in [0.05, 0.1) is 10.2 Å². The van der Waals surface area contributed by atoms with Gasteiger partial charge in [-0.3, -0.25) is 9.59 Å². The fourth-order valence-electron chi connectivity index (χ4n) is 2.23. The van der Waals surface area contributed by atoms with Crippen LogP contribution >= 0.6 is 0 Å². The molecule has 77 heavy (non-hydrogen) atoms. The van der Waals surface area contributed by atoms with Crippen LogP contribution in [0.4, 0.5) is 0 Å². The van der Waals surface area contributed by atoms with Crippen molar-refractivity contribution >= 4 is 35.8 Å². The first-order chi connectivity index (χ1) is 29.0. The van der Waals surface area contributed by atoms with Crippen molar-refractivity contribution in [3.8, 4) is 11.8 Å². The number of aliphatic carboxylic acids is 6. The summed E-state index contributed by atoms with van der Waals surface area (Å²) in [6.45, 7) is 13.2. The minimum Gasteiger partial charge on any atom is -2.00 e. The van der Waals surface area contributed by atoms with Gasteiger partial charge in [-0.2, -0.15) is 0 Å². The second-order valence-corrected chi connectivity index (χ2v) is 10.2. The summed E-state index contributed by atoms with van der Waals surface area (Å²) >= 11 is 0. The smallest absolute Gasteiger partial charge is 2.00 e. The van der Waals surface area contributed by atoms with Gasteiger partial charge in [-0.25, -0.2) is 9.97 Å². The van der Waals surface area contributed by atoms with E-state index < -0.39 is 46.0 Å². The Bertz CT molecular complexity index is 1760. The molecule has 2 radical (unpaired) electrons. The third-order valence-corrected chi connectivity index (χ3v) is 3.66. The Labute approximate surface area is 560 Å². The molecule has 41 heteroatoms. The van der Waals surface area contributed by atoms with Gasteiger partial charge in [0.25, 0.3) is 0 Å². The first-order valence-electron chi connectivity index (χ1n) is 16.3. The van der Waals surface area contributed by atoms with Gasteiger partial charge in [-0.05, 0) is 79.7 Å². The number of carbonyl (C=O) groups is 6. The second kappa shape index (κ2) is 101. The van der Waals surface area contributed by atoms with E-state index in [1.165, 1.54) is 24.3 Å². The zero-order chi connectivity index (χ0) is 52.6. The molecule has 4 aromatic heterocycles. The Hall–Kier alpha value is -4.13. The Balaban J connectivity index is -0.0000000234. The van der Waals surface area contributed by atoms with E-state index in [-0.39, 0.29) is 226 Å². The monoisotopic (exact) mass is 1580 g/mol. The minimum absolute atomic E-state index is 0. The molecule has 36 nitrogen and oxygen atoms in total. The summed E-state index contributed by atoms with van der Waals surface area (Å²) in [6, 6.07) is 20.3. The Kier molecular flexibility index (Phi) is 183. The fraction of sp³-hybridized carbons (Fsp3) is 0.278. The maximum absolute atomic E-state index is 10.4. The molecule has 0 aromatic carbocycles. The molecular weight excluding hydrogens is 1530 g/mol. The number of hydrogen-bond donors (Lipinski definition) is 2. The van der Waals surface area contributed by atoms with Crippen molar-refractivity contribution in [1.82, 2.24) is 9.97 Å². The number of nitrogens with zero attached hydrogens (tertiary/aromatic N) is 2. The van der Waals surface area contributed by atoms with Gasteiger partial charge < -0.3 is 154 Å². The molecule has 4 rings (SSSR count). The molecule has 0 aliphatic carbocycles. The molecular formula is C36H50Ce3Mn2N6O30-8. The van der Waals surface area contributed by atoms with Crippen molar-refractivity contribution in [2.45, 2.75) is 69.2 Å². The minimum atomic E-state index is -1.75. The number of carboxylic acid groups (broad SMARTS) is 6. The summed E-state index contributed by atoms with van der Waals surface area (Å²) in [4.78, 5) is 101. The zero-order valence-corrected chi connectivity index (χ0v) is 53.3. The molecule has 438 valence electrons. The van der Waals surface area contributed by atoms with E-state index in [2.05, 4.69) is 19.9 Å². The number of H-pyrrole nitrogens is 4. The summed E-state index contributed by atoms with van der Waals surface area (Å²) in [5.41, 5.74) is 3.53. The largest absolute Gasteiger partial charge is 4.00 e. The van der Waals surface area contributed by atoms with Crippen LogP contribution in [0.1, 0.15) is 64.3 Å². The summed E-state index contributed by atoms with van der Waals surface area (Å²) < 4.78 is 0. The van der Waals surface area contributed by atoms with Crippen molar-refractivity contribution in [3.63, 3.8) is 0 Å². The van der Waals surface area contributed by atoms with Gasteiger partial charge in [-0.1, -0.05) is 24.3 Å². The summed E-state index contributed by atoms with van der Waals surface area (Å²) in [5, 5.41) is 104. The summed E-state index contributed by atoms with van der Waals surface area (Å²) in [5.74, 6) is -6.57. The van der Waals surface area contributed by atoms with Crippen LogP contribution in [0.15, 0.2) is 82.4 Å². The van der Waals surface area contributed by atoms with Crippen LogP contribution in [-0.4, -0.2) is 66.9 Å². The molecule has 0 bridgehead atoms. The number of pyridine rings is 4. The number of carbonyl (C=O) groups excluding carboxylic acids is 6. The second-order valence-electron chi connectivity index (χ2n) is 10.2. The molecule has 0 atom stereocenters. The van der Waals surface area contributed by atoms with Gasteiger partial charge in [0.1, 0.15) is 11.8 Å². The standard InChI is InChI=1S/4C6H7NO.6C2H4O2.3Ce.2Mn.2NO3.2H2O.6O/c4*1-5-3-2-4-6(8)7-5;6*1-2(3)4;;;;;;2*2-1(3)4;;;;;;;;/h4*2-4H,1H3,(H,7,8);6*1H3,(H,3,4);;;;;;;;2*1H2;;;;;;/q;;;;;;;;;;3*+4;;;2*-1;;;6*-2/p-6. The van der Waals surface area contributed by atoms with Gasteiger partial charge in [-0.15, -0.1) is 0 Å². The number of rotatable bonds is 0. The van der Waals surface area contributed by atoms with Crippen LogP contribution in [0.2, 0.25) is 0 Å². The van der Waals surface area contributed by atoms with E-state index in [1.807, 2.05) is 52.0 Å². The van der Waals surface area contributed by atoms with E-state index in [1.54, 1.807) is 24.3 Å². The normalized spacial score (nSPS) is 6.36. The van der Waals surface area contributed by atoms with Crippen molar-refractivity contribution in [2.24, 2.45) is 0 Å². The maximum Gasteiger partial charge on any atom is 4.00 e. The number of carboxylic acids is 6. The van der Waals surface area contributed by atoms with Gasteiger partial charge in [0.15, 0.2) is 11.4 Å². The molecule has 0 aliphatic rings. The predicted octanol–water partition coefficient (Wildman–Crippen LogP) is -9.18. The Morgan fingerprint density at radius 3 is 0.623 bits per heavy atom. The van der Waals surface area contributed by atoms with E-state index in [0.717, 1.165) is 64.3 Å². The molecule has 4 aromatic rings. The van der Waals surface area contributed by atoms with Crippen LogP contribution in [0.5, 0.6) is 11.8 Å². The maximum atomic E-state index is 10.4. The Morgan fingerprint density at radius 1 is 0.403 bits per heavy atom. The van der Waals surface area contributed by atoms with Gasteiger partial charge in [0, 0.05) is 119 Å². The average molecular weight is 1580 g/mol. The number of aryl methyl sites for hydroxylation is 4. The molecule has 4 heterocycles. The third-order valence-electron chi connectivity index (χ3n) is 3.66. The zero-order valence-electron chi connectivity index (χ0n) is 41.5. The first-order valence-corrected chi connectivity index (χ1v) is 16.3. The number of aromatic amines is 4. The van der Waals surface area contributed by atoms with E-state index in [4.69, 9.17) is 90.0 Å². The van der Waals surface area contributed by atoms with Gasteiger partial charge in [0.2, 0.25) is 11.1 Å². The molecule has 0 spiro atoms. The molecule has 0 aliphatic heterocycles.